The van der Waals surface area contributed by atoms with Crippen LogP contribution in [0, 0.1) is 0 Å². The molecule has 0 atom stereocenters. The quantitative estimate of drug-likeness (QED) is 0.428. The molecule has 0 heterocycles. The first-order valence-electron chi connectivity index (χ1n) is 0.365. The molecule has 2 N–H and O–H groups in total. The minimum atomic E-state index is -0.250. The zero-order valence-electron chi connectivity index (χ0n) is 1.95. The van der Waals surface area contributed by atoms with E-state index in [1.54, 1.807) is 0 Å². The summed E-state index contributed by atoms with van der Waals surface area (Å²) in [5, 5.41) is 0. The summed E-state index contributed by atoms with van der Waals surface area (Å²) in [4.78, 5) is 0. The summed E-state index contributed by atoms with van der Waals surface area (Å²) < 4.78 is 14.1. The van der Waals surface area contributed by atoms with Crippen molar-refractivity contribution in [3.8, 4) is 0 Å². The van der Waals surface area contributed by atoms with Gasteiger partial charge in [-0.3, -0.25) is 0 Å². The first kappa shape index (κ1) is 16.3. The van der Waals surface area contributed by atoms with Crippen LogP contribution in [-0.4, -0.2) is 9.11 Å². The predicted molar refractivity (Wildman–Crippen MR) is 12.8 cm³/mol. The van der Waals surface area contributed by atoms with Crippen LogP contribution in [0.4, 0.5) is 0 Å². The van der Waals surface area contributed by atoms with Crippen molar-refractivity contribution in [2.75, 3.05) is 0 Å². The second kappa shape index (κ2) is 18.6. The first-order valence-corrected chi connectivity index (χ1v) is 1.10. The molecule has 5 heavy (non-hydrogen) atoms. The van der Waals surface area contributed by atoms with E-state index in [2.05, 4.69) is 0 Å². The van der Waals surface area contributed by atoms with Gasteiger partial charge < -0.3 is 9.11 Å². The summed E-state index contributed by atoms with van der Waals surface area (Å²) in [5.41, 5.74) is 0. The summed E-state index contributed by atoms with van der Waals surface area (Å²) in [6.07, 6.45) is 0. The van der Waals surface area contributed by atoms with E-state index in [0.29, 0.717) is 0 Å². The van der Waals surface area contributed by atoms with Crippen LogP contribution in [0.1, 0.15) is 0 Å². The van der Waals surface area contributed by atoms with Crippen LogP contribution in [0.2, 0.25) is 0 Å². The Morgan fingerprint density at radius 1 is 1.20 bits per heavy atom. The third kappa shape index (κ3) is 34.9. The van der Waals surface area contributed by atoms with Crippen LogP contribution in [-0.2, 0) is 33.3 Å². The normalized spacial score (nSPS) is 3.60. The van der Waals surface area contributed by atoms with E-state index >= 15 is 0 Å². The minimum Gasteiger partial charge on any atom is -0.307 e. The van der Waals surface area contributed by atoms with Crippen molar-refractivity contribution in [2.24, 2.45) is 0 Å². The summed E-state index contributed by atoms with van der Waals surface area (Å²) in [5.74, 6) is 0. The molecule has 0 amide bonds. The average Bonchev–Trinajstić information content (AvgIpc) is 0.918. The zero-order valence-corrected chi connectivity index (χ0v) is 4.80. The van der Waals surface area contributed by atoms with Gasteiger partial charge in [-0.15, -0.1) is 0 Å². The molecule has 0 bridgehead atoms. The van der Waals surface area contributed by atoms with E-state index in [-0.39, 0.29) is 45.6 Å². The summed E-state index contributed by atoms with van der Waals surface area (Å²) in [7, 11) is 0. The molecule has 0 spiro atoms. The van der Waals surface area contributed by atoms with Crippen LogP contribution >= 0.6 is 12.3 Å². The molecule has 0 unspecified atom stereocenters. The molecular weight excluding hydrogens is 182 g/mol. The summed E-state index contributed by atoms with van der Waals surface area (Å²) in [6, 6.07) is 0. The molecule has 0 aliphatic carbocycles. The van der Waals surface area contributed by atoms with Crippen LogP contribution in [0.5, 0.6) is 0 Å². The molecule has 0 aromatic heterocycles. The van der Waals surface area contributed by atoms with E-state index in [4.69, 9.17) is 9.11 Å². The van der Waals surface area contributed by atoms with E-state index in [1.807, 2.05) is 0 Å². The third-order valence-corrected chi connectivity index (χ3v) is 0. The molecule has 0 aromatic rings. The third-order valence-electron chi connectivity index (χ3n) is 0. The van der Waals surface area contributed by atoms with Gasteiger partial charge in [0.25, 0.3) is 0 Å². The maximum absolute atomic E-state index is 7.04. The Hall–Kier alpha value is 1.27. The van der Waals surface area contributed by atoms with Crippen LogP contribution < -0.4 is 0 Å². The van der Waals surface area contributed by atoms with Gasteiger partial charge in [0.2, 0.25) is 0 Å². The van der Waals surface area contributed by atoms with Crippen molar-refractivity contribution >= 4 is 12.3 Å². The van der Waals surface area contributed by atoms with Crippen molar-refractivity contribution in [2.45, 2.75) is 0 Å². The Kier molecular flexibility index (Phi) is 60.7. The van der Waals surface area contributed by atoms with Crippen molar-refractivity contribution in [3.63, 3.8) is 0 Å². The molecule has 0 fully saturated rings. The number of hydrogen-bond donors (Lipinski definition) is 2. The second-order valence-corrected chi connectivity index (χ2v) is 0.245. The Morgan fingerprint density at radius 2 is 1.20 bits per heavy atom. The fourth-order valence-electron chi connectivity index (χ4n) is 0. The summed E-state index contributed by atoms with van der Waals surface area (Å²) >= 11 is -0.250. The Morgan fingerprint density at radius 3 is 1.20 bits per heavy atom. The molecule has 39 valence electrons. The molecule has 1 radical (unpaired) electrons. The topological polar surface area (TPSA) is 40.5 Å². The molecule has 0 aromatic carbocycles. The maximum Gasteiger partial charge on any atom is 0.152 e. The maximum atomic E-state index is 7.04. The number of hydrogen-bond acceptors (Lipinski definition) is 3. The first-order chi connectivity index (χ1) is 1.41. The van der Waals surface area contributed by atoms with E-state index in [0.717, 1.165) is 0 Å². The van der Waals surface area contributed by atoms with Gasteiger partial charge >= 0.3 is 0 Å². The van der Waals surface area contributed by atoms with Crippen molar-refractivity contribution in [3.05, 3.63) is 0 Å². The predicted octanol–water partition coefficient (Wildman–Crippen LogP) is 0.661. The smallest absolute Gasteiger partial charge is 0.152 e. The van der Waals surface area contributed by atoms with Gasteiger partial charge in [-0.25, -0.2) is 0 Å². The van der Waals surface area contributed by atoms with Gasteiger partial charge in [0, 0.05) is 33.3 Å². The van der Waals surface area contributed by atoms with Crippen molar-refractivity contribution in [1.29, 1.82) is 0 Å². The molecule has 0 aliphatic heterocycles. The monoisotopic (exact) mass is 183 g/mol. The van der Waals surface area contributed by atoms with E-state index in [9.17, 15) is 0 Å². The Labute approximate surface area is 54.9 Å². The van der Waals surface area contributed by atoms with Gasteiger partial charge in [-0.05, 0) is 0 Å². The molecule has 0 rings (SSSR count). The Balaban J connectivity index is -0.0000000200. The zero-order chi connectivity index (χ0) is 2.71. The fourth-order valence-corrected chi connectivity index (χ4v) is 0. The fraction of sp³-hybridized carbons (Fsp3) is 0. The molecule has 0 saturated carbocycles. The summed E-state index contributed by atoms with van der Waals surface area (Å²) in [6.45, 7) is 0. The minimum absolute atomic E-state index is 0. The van der Waals surface area contributed by atoms with Gasteiger partial charge in [0.15, 0.2) is 12.3 Å². The molecular formula is H2CoNiO2S. The molecule has 0 saturated heterocycles. The van der Waals surface area contributed by atoms with E-state index < -0.39 is 0 Å². The van der Waals surface area contributed by atoms with Crippen molar-refractivity contribution < 1.29 is 42.4 Å². The molecule has 0 aliphatic rings. The number of rotatable bonds is 0. The van der Waals surface area contributed by atoms with Gasteiger partial charge in [0.1, 0.15) is 0 Å². The van der Waals surface area contributed by atoms with Crippen LogP contribution in [0.3, 0.4) is 0 Å². The molecule has 2 nitrogen and oxygen atoms in total. The van der Waals surface area contributed by atoms with Crippen LogP contribution in [0.25, 0.3) is 0 Å². The second-order valence-electron chi connectivity index (χ2n) is 0.0816. The van der Waals surface area contributed by atoms with E-state index in [1.165, 1.54) is 0 Å². The standard InChI is InChI=1S/Co.Ni.H2O2S/c;;1-3-2/h;;1-2H. The van der Waals surface area contributed by atoms with Crippen LogP contribution in [0.15, 0.2) is 0 Å². The Bertz CT molecular complexity index is 9.61. The van der Waals surface area contributed by atoms with Gasteiger partial charge in [-0.1, -0.05) is 0 Å². The molecule has 5 heteroatoms. The van der Waals surface area contributed by atoms with Crippen molar-refractivity contribution in [1.82, 2.24) is 0 Å². The SMILES string of the molecule is OSO.[Co].[Ni]. The largest absolute Gasteiger partial charge is 0.307 e. The van der Waals surface area contributed by atoms with Gasteiger partial charge in [-0.2, -0.15) is 0 Å². The van der Waals surface area contributed by atoms with Gasteiger partial charge in [0.05, 0.1) is 0 Å². The average molecular weight is 184 g/mol.